The van der Waals surface area contributed by atoms with E-state index in [1.165, 1.54) is 12.8 Å². The van der Waals surface area contributed by atoms with Gasteiger partial charge in [0.05, 0.1) is 11.8 Å². The van der Waals surface area contributed by atoms with Gasteiger partial charge in [-0.05, 0) is 44.0 Å². The first-order valence-corrected chi connectivity index (χ1v) is 7.49. The van der Waals surface area contributed by atoms with Crippen molar-refractivity contribution in [3.8, 4) is 0 Å². The van der Waals surface area contributed by atoms with E-state index in [4.69, 9.17) is 5.11 Å². The molecule has 1 aliphatic heterocycles. The number of para-hydroxylation sites is 1. The summed E-state index contributed by atoms with van der Waals surface area (Å²) in [4.78, 5) is 25.3. The first-order valence-electron chi connectivity index (χ1n) is 7.49. The number of hydrogen-bond donors (Lipinski definition) is 2. The second-order valence-electron chi connectivity index (χ2n) is 5.92. The van der Waals surface area contributed by atoms with Crippen molar-refractivity contribution in [3.63, 3.8) is 0 Å². The molecule has 0 radical (unpaired) electrons. The third-order valence-corrected chi connectivity index (χ3v) is 4.31. The molecular weight excluding hydrogens is 268 g/mol. The number of carbonyl (C=O) groups is 2. The van der Waals surface area contributed by atoms with E-state index in [1.807, 2.05) is 24.3 Å². The molecule has 112 valence electrons. The van der Waals surface area contributed by atoms with Crippen LogP contribution in [0.15, 0.2) is 24.3 Å². The molecule has 0 spiro atoms. The predicted octanol–water partition coefficient (Wildman–Crippen LogP) is 1.94. The number of carboxylic acids is 1. The van der Waals surface area contributed by atoms with E-state index < -0.39 is 11.9 Å². The highest BCUT2D eigenvalue weighted by atomic mass is 16.4. The van der Waals surface area contributed by atoms with Crippen molar-refractivity contribution < 1.29 is 14.7 Å². The number of benzene rings is 1. The van der Waals surface area contributed by atoms with E-state index >= 15 is 0 Å². The maximum atomic E-state index is 12.1. The summed E-state index contributed by atoms with van der Waals surface area (Å²) in [6.45, 7) is 3.04. The van der Waals surface area contributed by atoms with E-state index in [-0.39, 0.29) is 11.8 Å². The van der Waals surface area contributed by atoms with Crippen LogP contribution in [-0.2, 0) is 16.1 Å². The highest BCUT2D eigenvalue weighted by Crippen LogP contribution is 2.39. The molecule has 21 heavy (non-hydrogen) atoms. The summed E-state index contributed by atoms with van der Waals surface area (Å²) in [6.07, 6.45) is 2.92. The molecule has 5 nitrogen and oxygen atoms in total. The quantitative estimate of drug-likeness (QED) is 0.868. The van der Waals surface area contributed by atoms with Gasteiger partial charge in [-0.1, -0.05) is 18.2 Å². The minimum atomic E-state index is -0.875. The zero-order valence-electron chi connectivity index (χ0n) is 11.9. The summed E-state index contributed by atoms with van der Waals surface area (Å²) in [5.41, 5.74) is 1.91. The molecule has 1 aromatic carbocycles. The Balaban J connectivity index is 1.65. The van der Waals surface area contributed by atoms with Gasteiger partial charge in [-0.25, -0.2) is 0 Å². The largest absolute Gasteiger partial charge is 0.481 e. The molecule has 1 saturated heterocycles. The normalized spacial score (nSPS) is 24.8. The van der Waals surface area contributed by atoms with Crippen molar-refractivity contribution in [2.24, 2.45) is 11.8 Å². The molecule has 2 atom stereocenters. The van der Waals surface area contributed by atoms with Crippen molar-refractivity contribution in [2.45, 2.75) is 25.8 Å². The molecular formula is C16H20N2O3. The zero-order chi connectivity index (χ0) is 14.8. The fourth-order valence-electron chi connectivity index (χ4n) is 2.94. The number of carbonyl (C=O) groups excluding carboxylic acids is 1. The van der Waals surface area contributed by atoms with Crippen molar-refractivity contribution in [2.75, 3.05) is 18.4 Å². The average molecular weight is 288 g/mol. The Morgan fingerprint density at radius 3 is 2.57 bits per heavy atom. The van der Waals surface area contributed by atoms with Crippen molar-refractivity contribution in [1.82, 2.24) is 4.90 Å². The summed E-state index contributed by atoms with van der Waals surface area (Å²) < 4.78 is 0. The number of carboxylic acid groups (broad SMARTS) is 1. The summed E-state index contributed by atoms with van der Waals surface area (Å²) in [5.74, 6) is -1.92. The summed E-state index contributed by atoms with van der Waals surface area (Å²) >= 11 is 0. The number of nitrogens with zero attached hydrogens (tertiary/aromatic N) is 1. The maximum absolute atomic E-state index is 12.1. The van der Waals surface area contributed by atoms with Crippen LogP contribution >= 0.6 is 0 Å². The monoisotopic (exact) mass is 288 g/mol. The van der Waals surface area contributed by atoms with E-state index in [2.05, 4.69) is 10.2 Å². The van der Waals surface area contributed by atoms with Gasteiger partial charge < -0.3 is 10.4 Å². The predicted molar refractivity (Wildman–Crippen MR) is 78.8 cm³/mol. The van der Waals surface area contributed by atoms with Crippen LogP contribution in [0.1, 0.15) is 24.8 Å². The van der Waals surface area contributed by atoms with Crippen molar-refractivity contribution in [3.05, 3.63) is 29.8 Å². The van der Waals surface area contributed by atoms with Crippen LogP contribution in [0, 0.1) is 11.8 Å². The number of likely N-dealkylation sites (tertiary alicyclic amines) is 1. The average Bonchev–Trinajstić information content (AvgIpc) is 3.12. The van der Waals surface area contributed by atoms with Gasteiger partial charge in [-0.3, -0.25) is 14.5 Å². The van der Waals surface area contributed by atoms with Gasteiger partial charge in [0.1, 0.15) is 0 Å². The third kappa shape index (κ3) is 3.24. The molecule has 1 saturated carbocycles. The first-order chi connectivity index (χ1) is 10.1. The fraction of sp³-hybridized carbons (Fsp3) is 0.500. The Bertz CT molecular complexity index is 552. The van der Waals surface area contributed by atoms with Crippen molar-refractivity contribution in [1.29, 1.82) is 0 Å². The van der Waals surface area contributed by atoms with Gasteiger partial charge in [0.2, 0.25) is 5.91 Å². The number of hydrogen-bond acceptors (Lipinski definition) is 3. The number of anilines is 1. The molecule has 0 bridgehead atoms. The molecule has 0 aromatic heterocycles. The summed E-state index contributed by atoms with van der Waals surface area (Å²) in [5, 5.41) is 11.8. The molecule has 1 aromatic rings. The number of aliphatic carboxylic acids is 1. The Hall–Kier alpha value is -1.88. The Morgan fingerprint density at radius 2 is 1.90 bits per heavy atom. The van der Waals surface area contributed by atoms with E-state index in [0.717, 1.165) is 30.9 Å². The maximum Gasteiger partial charge on any atom is 0.307 e. The van der Waals surface area contributed by atoms with Gasteiger partial charge in [-0.15, -0.1) is 0 Å². The minimum absolute atomic E-state index is 0.170. The lowest BCUT2D eigenvalue weighted by molar-refractivity contribution is -0.139. The lowest BCUT2D eigenvalue weighted by Crippen LogP contribution is -2.21. The fourth-order valence-corrected chi connectivity index (χ4v) is 2.94. The molecule has 2 aliphatic rings. The third-order valence-electron chi connectivity index (χ3n) is 4.31. The lowest BCUT2D eigenvalue weighted by Gasteiger charge is -2.17. The van der Waals surface area contributed by atoms with Crippen LogP contribution in [0.25, 0.3) is 0 Å². The molecule has 2 fully saturated rings. The van der Waals surface area contributed by atoms with Crippen LogP contribution < -0.4 is 5.32 Å². The molecule has 2 N–H and O–H groups in total. The second-order valence-corrected chi connectivity index (χ2v) is 5.92. The first kappa shape index (κ1) is 14.1. The summed E-state index contributed by atoms with van der Waals surface area (Å²) in [6, 6.07) is 7.78. The topological polar surface area (TPSA) is 69.6 Å². The Kier molecular flexibility index (Phi) is 3.92. The van der Waals surface area contributed by atoms with Crippen LogP contribution in [0.5, 0.6) is 0 Å². The smallest absolute Gasteiger partial charge is 0.307 e. The van der Waals surface area contributed by atoms with Gasteiger partial charge in [0, 0.05) is 12.2 Å². The van der Waals surface area contributed by atoms with E-state index in [9.17, 15) is 9.59 Å². The van der Waals surface area contributed by atoms with Crippen molar-refractivity contribution >= 4 is 17.6 Å². The molecule has 2 unspecified atom stereocenters. The molecule has 3 rings (SSSR count). The lowest BCUT2D eigenvalue weighted by atomic mass is 10.1. The second kappa shape index (κ2) is 5.85. The van der Waals surface area contributed by atoms with Crippen LogP contribution in [0.2, 0.25) is 0 Å². The summed E-state index contributed by atoms with van der Waals surface area (Å²) in [7, 11) is 0. The highest BCUT2D eigenvalue weighted by molar-refractivity contribution is 5.98. The van der Waals surface area contributed by atoms with Crippen LogP contribution in [0.4, 0.5) is 5.69 Å². The SMILES string of the molecule is O=C(O)C1CC1C(=O)Nc1ccccc1CN1CCCC1. The highest BCUT2D eigenvalue weighted by Gasteiger charge is 2.48. The van der Waals surface area contributed by atoms with Gasteiger partial charge in [0.15, 0.2) is 0 Å². The Morgan fingerprint density at radius 1 is 1.19 bits per heavy atom. The number of amides is 1. The standard InChI is InChI=1S/C16H20N2O3/c19-15(12-9-13(12)16(20)21)17-14-6-2-1-5-11(14)10-18-7-3-4-8-18/h1-2,5-6,12-13H,3-4,7-10H2,(H,17,19)(H,20,21). The Labute approximate surface area is 123 Å². The minimum Gasteiger partial charge on any atom is -0.481 e. The zero-order valence-corrected chi connectivity index (χ0v) is 11.9. The molecule has 1 heterocycles. The van der Waals surface area contributed by atoms with E-state index in [1.54, 1.807) is 0 Å². The molecule has 1 amide bonds. The van der Waals surface area contributed by atoms with Gasteiger partial charge in [0.25, 0.3) is 0 Å². The molecule has 1 aliphatic carbocycles. The molecule has 5 heteroatoms. The van der Waals surface area contributed by atoms with E-state index in [0.29, 0.717) is 6.42 Å². The number of rotatable bonds is 5. The van der Waals surface area contributed by atoms with Crippen LogP contribution in [-0.4, -0.2) is 35.0 Å². The van der Waals surface area contributed by atoms with Gasteiger partial charge in [-0.2, -0.15) is 0 Å². The van der Waals surface area contributed by atoms with Gasteiger partial charge >= 0.3 is 5.97 Å². The number of nitrogens with one attached hydrogen (secondary N) is 1. The van der Waals surface area contributed by atoms with Crippen LogP contribution in [0.3, 0.4) is 0 Å².